The van der Waals surface area contributed by atoms with Crippen molar-refractivity contribution in [3.8, 4) is 0 Å². The zero-order valence-corrected chi connectivity index (χ0v) is 26.9. The summed E-state index contributed by atoms with van der Waals surface area (Å²) in [5.41, 5.74) is 3.20. The van der Waals surface area contributed by atoms with Crippen molar-refractivity contribution >= 4 is 45.4 Å². The zero-order valence-electron chi connectivity index (χ0n) is 24.5. The third-order valence-corrected chi connectivity index (χ3v) is 9.34. The zero-order chi connectivity index (χ0) is 31.6. The van der Waals surface area contributed by atoms with Crippen LogP contribution in [-0.2, 0) is 16.0 Å². The lowest BCUT2D eigenvalue weighted by Gasteiger charge is -2.31. The normalized spacial score (nSPS) is 17.0. The van der Waals surface area contributed by atoms with Gasteiger partial charge in [-0.3, -0.25) is 4.79 Å². The van der Waals surface area contributed by atoms with Gasteiger partial charge < -0.3 is 25.8 Å². The first-order chi connectivity index (χ1) is 21.9. The van der Waals surface area contributed by atoms with Crippen molar-refractivity contribution in [3.63, 3.8) is 0 Å². The van der Waals surface area contributed by atoms with Gasteiger partial charge >= 0.3 is 6.09 Å². The van der Waals surface area contributed by atoms with E-state index in [4.69, 9.17) is 4.74 Å². The predicted molar refractivity (Wildman–Crippen MR) is 179 cm³/mol. The lowest BCUT2D eigenvalue weighted by atomic mass is 9.84. The van der Waals surface area contributed by atoms with E-state index in [2.05, 4.69) is 31.9 Å². The molecule has 3 atom stereocenters. The third-order valence-electron chi connectivity index (χ3n) is 7.67. The summed E-state index contributed by atoms with van der Waals surface area (Å²) >= 11 is 4.73. The van der Waals surface area contributed by atoms with Crippen LogP contribution in [-0.4, -0.2) is 54.2 Å². The summed E-state index contributed by atoms with van der Waals surface area (Å²) in [5, 5.41) is 18.7. The van der Waals surface area contributed by atoms with E-state index in [0.717, 1.165) is 16.7 Å². The molecule has 4 N–H and O–H groups in total. The van der Waals surface area contributed by atoms with Gasteiger partial charge in [0.15, 0.2) is 0 Å². The molecular weight excluding hydrogens is 657 g/mol. The Morgan fingerprint density at radius 1 is 0.933 bits per heavy atom. The van der Waals surface area contributed by atoms with Crippen molar-refractivity contribution < 1.29 is 23.8 Å². The molecule has 1 aliphatic heterocycles. The molecule has 0 bridgehead atoms. The second-order valence-electron chi connectivity index (χ2n) is 10.8. The van der Waals surface area contributed by atoms with Crippen molar-refractivity contribution in [3.05, 3.63) is 130 Å². The number of aryl methyl sites for hydroxylation is 1. The van der Waals surface area contributed by atoms with Gasteiger partial charge in [0.1, 0.15) is 11.9 Å². The van der Waals surface area contributed by atoms with Crippen LogP contribution in [0.4, 0.5) is 14.9 Å². The lowest BCUT2D eigenvalue weighted by molar-refractivity contribution is -0.118. The molecule has 234 valence electrons. The maximum Gasteiger partial charge on any atom is 0.405 e. The van der Waals surface area contributed by atoms with E-state index in [-0.39, 0.29) is 18.0 Å². The fourth-order valence-electron chi connectivity index (χ4n) is 5.54. The van der Waals surface area contributed by atoms with Gasteiger partial charge in [0, 0.05) is 39.8 Å². The number of halogens is 2. The number of hydrogen-bond donors (Lipinski definition) is 4. The van der Waals surface area contributed by atoms with Crippen molar-refractivity contribution in [2.24, 2.45) is 0 Å². The molecule has 0 saturated carbocycles. The van der Waals surface area contributed by atoms with Crippen molar-refractivity contribution in [1.82, 2.24) is 10.6 Å². The van der Waals surface area contributed by atoms with E-state index in [9.17, 15) is 19.1 Å². The number of anilines is 1. The number of hydrogen-bond acceptors (Lipinski definition) is 5. The molecule has 0 radical (unpaired) electrons. The second kappa shape index (κ2) is 16.0. The molecule has 2 amide bonds. The number of nitrogens with one attached hydrogen (secondary N) is 3. The summed E-state index contributed by atoms with van der Waals surface area (Å²) in [6, 6.07) is 30.4. The smallest absolute Gasteiger partial charge is 0.405 e. The van der Waals surface area contributed by atoms with Crippen LogP contribution in [0.25, 0.3) is 0 Å². The fraction of sp³-hybridized carbons (Fsp3) is 0.257. The maximum absolute atomic E-state index is 14.3. The SMILES string of the molecule is O=C(O)N[C@H](C(=O)Nc1ccccc1CC[C@@H]1CNC[C@@H](CSc2ccc(Br)cc2F)O1)C(c1ccccc1)c1ccccc1. The highest BCUT2D eigenvalue weighted by Gasteiger charge is 2.33. The molecule has 1 aliphatic rings. The largest absolute Gasteiger partial charge is 0.465 e. The van der Waals surface area contributed by atoms with Gasteiger partial charge in [0.05, 0.1) is 12.2 Å². The number of carbonyl (C=O) groups excluding carboxylic acids is 1. The highest BCUT2D eigenvalue weighted by atomic mass is 79.9. The number of morpholine rings is 1. The Morgan fingerprint density at radius 2 is 1.58 bits per heavy atom. The van der Waals surface area contributed by atoms with Crippen LogP contribution in [0.15, 0.2) is 112 Å². The molecule has 0 aliphatic carbocycles. The Balaban J connectivity index is 1.26. The van der Waals surface area contributed by atoms with Crippen LogP contribution in [0.3, 0.4) is 0 Å². The van der Waals surface area contributed by atoms with Crippen molar-refractivity contribution in [2.75, 3.05) is 24.2 Å². The number of amides is 2. The Bertz CT molecular complexity index is 1540. The van der Waals surface area contributed by atoms with Crippen LogP contribution >= 0.6 is 27.7 Å². The molecule has 45 heavy (non-hydrogen) atoms. The van der Waals surface area contributed by atoms with Crippen molar-refractivity contribution in [1.29, 1.82) is 0 Å². The number of benzene rings is 4. The Hall–Kier alpha value is -3.70. The molecule has 10 heteroatoms. The van der Waals surface area contributed by atoms with Crippen molar-refractivity contribution in [2.45, 2.75) is 41.9 Å². The topological polar surface area (TPSA) is 99.7 Å². The number of carbonyl (C=O) groups is 2. The molecule has 1 heterocycles. The molecule has 4 aromatic rings. The summed E-state index contributed by atoms with van der Waals surface area (Å²) in [6.45, 7) is 1.39. The standard InChI is InChI=1S/C35H35BrFN3O4S/c36-26-16-18-31(29(37)19-26)45-22-28-21-38-20-27(44-28)17-15-23-9-7-8-14-30(23)39-34(41)33(40-35(42)43)32(24-10-3-1-4-11-24)25-12-5-2-6-13-25/h1-14,16,18-19,27-28,32-33,38,40H,15,17,20-22H2,(H,39,41)(H,42,43)/t27-,28+,33+/m1/s1. The molecule has 0 aromatic heterocycles. The van der Waals surface area contributed by atoms with Crippen LogP contribution in [0.5, 0.6) is 0 Å². The maximum atomic E-state index is 14.3. The fourth-order valence-corrected chi connectivity index (χ4v) is 6.79. The number of carboxylic acid groups (broad SMARTS) is 1. The first-order valence-electron chi connectivity index (χ1n) is 14.8. The lowest BCUT2D eigenvalue weighted by Crippen LogP contribution is -2.47. The minimum absolute atomic E-state index is 0.0511. The van der Waals surface area contributed by atoms with E-state index >= 15 is 0 Å². The first-order valence-corrected chi connectivity index (χ1v) is 16.6. The van der Waals surface area contributed by atoms with Crippen LogP contribution in [0.1, 0.15) is 29.0 Å². The number of para-hydroxylation sites is 1. The average molecular weight is 693 g/mol. The van der Waals surface area contributed by atoms with Crippen LogP contribution < -0.4 is 16.0 Å². The molecule has 0 unspecified atom stereocenters. The minimum Gasteiger partial charge on any atom is -0.465 e. The first kappa shape index (κ1) is 32.7. The van der Waals surface area contributed by atoms with Gasteiger partial charge in [-0.1, -0.05) is 94.8 Å². The molecule has 4 aromatic carbocycles. The number of rotatable bonds is 12. The Morgan fingerprint density at radius 3 is 2.24 bits per heavy atom. The highest BCUT2D eigenvalue weighted by molar-refractivity contribution is 9.10. The van der Waals surface area contributed by atoms with Gasteiger partial charge in [-0.25, -0.2) is 9.18 Å². The summed E-state index contributed by atoms with van der Waals surface area (Å²) in [5.74, 6) is -0.627. The molecule has 1 saturated heterocycles. The minimum atomic E-state index is -1.28. The van der Waals surface area contributed by atoms with Gasteiger partial charge in [0.2, 0.25) is 5.91 Å². The number of ether oxygens (including phenoxy) is 1. The van der Waals surface area contributed by atoms with Crippen LogP contribution in [0, 0.1) is 5.82 Å². The van der Waals surface area contributed by atoms with Gasteiger partial charge in [-0.15, -0.1) is 11.8 Å². The predicted octanol–water partition coefficient (Wildman–Crippen LogP) is 7.08. The van der Waals surface area contributed by atoms with E-state index < -0.39 is 24.0 Å². The van der Waals surface area contributed by atoms with Gasteiger partial charge in [-0.2, -0.15) is 0 Å². The summed E-state index contributed by atoms with van der Waals surface area (Å²) in [6.07, 6.45) is -0.0478. The summed E-state index contributed by atoms with van der Waals surface area (Å²) in [7, 11) is 0. The van der Waals surface area contributed by atoms with E-state index in [0.29, 0.717) is 46.7 Å². The summed E-state index contributed by atoms with van der Waals surface area (Å²) in [4.78, 5) is 26.4. The monoisotopic (exact) mass is 691 g/mol. The van der Waals surface area contributed by atoms with Crippen LogP contribution in [0.2, 0.25) is 0 Å². The number of thioether (sulfide) groups is 1. The molecule has 7 nitrogen and oxygen atoms in total. The molecule has 1 fully saturated rings. The Labute approximate surface area is 275 Å². The average Bonchev–Trinajstić information content (AvgIpc) is 3.05. The highest BCUT2D eigenvalue weighted by Crippen LogP contribution is 2.30. The quantitative estimate of drug-likeness (QED) is 0.119. The van der Waals surface area contributed by atoms with E-state index in [1.165, 1.54) is 17.8 Å². The second-order valence-corrected chi connectivity index (χ2v) is 12.8. The summed E-state index contributed by atoms with van der Waals surface area (Å²) < 4.78 is 21.3. The Kier molecular flexibility index (Phi) is 11.6. The van der Waals surface area contributed by atoms with E-state index in [1.54, 1.807) is 6.07 Å². The molecule has 0 spiro atoms. The van der Waals surface area contributed by atoms with E-state index in [1.807, 2.05) is 91.0 Å². The third kappa shape index (κ3) is 9.17. The van der Waals surface area contributed by atoms with Gasteiger partial charge in [0.25, 0.3) is 0 Å². The molecular formula is C35H35BrFN3O4S. The molecule has 5 rings (SSSR count). The van der Waals surface area contributed by atoms with Gasteiger partial charge in [-0.05, 0) is 53.8 Å².